The Bertz CT molecular complexity index is 860. The van der Waals surface area contributed by atoms with Crippen LogP contribution in [0.1, 0.15) is 34.7 Å². The maximum absolute atomic E-state index is 13.7. The summed E-state index contributed by atoms with van der Waals surface area (Å²) in [5.74, 6) is 1.14. The molecule has 4 fully saturated rings. The number of amides is 1. The zero-order chi connectivity index (χ0) is 19.3. The Labute approximate surface area is 167 Å². The molecule has 3 unspecified atom stereocenters. The number of benzene rings is 1. The second-order valence-electron chi connectivity index (χ2n) is 8.62. The van der Waals surface area contributed by atoms with Crippen LogP contribution in [-0.2, 0) is 0 Å². The molecule has 5 heterocycles. The molecule has 5 heteroatoms. The van der Waals surface area contributed by atoms with Crippen LogP contribution in [0, 0.1) is 5.92 Å². The number of nitrogens with zero attached hydrogens (tertiary/aromatic N) is 4. The molecule has 1 amide bonds. The number of rotatable bonds is 3. The number of carbonyl (C=O) groups excluding carboxylic acids is 1. The van der Waals surface area contributed by atoms with Crippen LogP contribution < -0.4 is 4.90 Å². The number of likely N-dealkylation sites (tertiary alicyclic amines) is 1. The van der Waals surface area contributed by atoms with E-state index in [1.807, 2.05) is 61.7 Å². The topological polar surface area (TPSA) is 39.7 Å². The van der Waals surface area contributed by atoms with Crippen molar-refractivity contribution in [3.63, 3.8) is 0 Å². The van der Waals surface area contributed by atoms with E-state index in [1.54, 1.807) is 0 Å². The molecule has 2 aromatic rings. The van der Waals surface area contributed by atoms with Gasteiger partial charge in [-0.15, -0.1) is 0 Å². The lowest BCUT2D eigenvalue weighted by Crippen LogP contribution is -2.60. The zero-order valence-electron chi connectivity index (χ0n) is 16.7. The van der Waals surface area contributed by atoms with Crippen molar-refractivity contribution in [2.75, 3.05) is 38.6 Å². The monoisotopic (exact) mass is 376 g/mol. The fourth-order valence-electron chi connectivity index (χ4n) is 5.74. The van der Waals surface area contributed by atoms with Crippen molar-refractivity contribution in [1.82, 2.24) is 14.8 Å². The summed E-state index contributed by atoms with van der Waals surface area (Å²) in [7, 11) is 4.01. The molecule has 3 atom stereocenters. The summed E-state index contributed by atoms with van der Waals surface area (Å²) in [5, 5.41) is 0. The van der Waals surface area contributed by atoms with Gasteiger partial charge in [0.15, 0.2) is 0 Å². The van der Waals surface area contributed by atoms with Crippen LogP contribution in [0.3, 0.4) is 0 Å². The van der Waals surface area contributed by atoms with Gasteiger partial charge < -0.3 is 9.80 Å². The molecule has 0 N–H and O–H groups in total. The number of aromatic nitrogens is 1. The first-order valence-electron chi connectivity index (χ1n) is 10.4. The van der Waals surface area contributed by atoms with Crippen LogP contribution in [0.2, 0.25) is 0 Å². The molecule has 4 aliphatic rings. The number of fused-ring (bicyclic) bond motifs is 2. The van der Waals surface area contributed by atoms with E-state index < -0.39 is 0 Å². The normalized spacial score (nSPS) is 30.9. The van der Waals surface area contributed by atoms with Crippen LogP contribution in [0.5, 0.6) is 0 Å². The maximum Gasteiger partial charge on any atom is 0.256 e. The van der Waals surface area contributed by atoms with Crippen molar-refractivity contribution in [2.24, 2.45) is 5.92 Å². The van der Waals surface area contributed by atoms with Gasteiger partial charge in [-0.2, -0.15) is 0 Å². The van der Waals surface area contributed by atoms with Crippen molar-refractivity contribution >= 4 is 11.6 Å². The van der Waals surface area contributed by atoms with Crippen molar-refractivity contribution in [3.05, 3.63) is 59.9 Å². The third-order valence-corrected chi connectivity index (χ3v) is 6.98. The van der Waals surface area contributed by atoms with E-state index in [-0.39, 0.29) is 5.91 Å². The second kappa shape index (κ2) is 6.89. The highest BCUT2D eigenvalue weighted by Crippen LogP contribution is 2.47. The number of para-hydroxylation sites is 1. The average molecular weight is 377 g/mol. The summed E-state index contributed by atoms with van der Waals surface area (Å²) in [5.41, 5.74) is 3.07. The Balaban J connectivity index is 1.54. The van der Waals surface area contributed by atoms with Crippen molar-refractivity contribution in [3.8, 4) is 0 Å². The van der Waals surface area contributed by atoms with Crippen LogP contribution in [-0.4, -0.2) is 66.5 Å². The number of pyridine rings is 1. The predicted molar refractivity (Wildman–Crippen MR) is 111 cm³/mol. The molecule has 2 bridgehead atoms. The van der Waals surface area contributed by atoms with E-state index in [0.29, 0.717) is 23.9 Å². The van der Waals surface area contributed by atoms with Gasteiger partial charge in [0.25, 0.3) is 5.91 Å². The summed E-state index contributed by atoms with van der Waals surface area (Å²) in [6.07, 6.45) is 6.24. The molecule has 0 radical (unpaired) electrons. The third-order valence-electron chi connectivity index (χ3n) is 6.98. The van der Waals surface area contributed by atoms with Gasteiger partial charge in [-0.05, 0) is 55.6 Å². The first-order valence-corrected chi connectivity index (χ1v) is 10.4. The molecular formula is C23H28N4O. The fourth-order valence-corrected chi connectivity index (χ4v) is 5.74. The fraction of sp³-hybridized carbons (Fsp3) is 0.478. The SMILES string of the molecule is CN(C)c1ccccc1C(=O)N1CC(c2cccnc2)C2C1C1CCN2CC1. The molecule has 4 aliphatic heterocycles. The molecule has 146 valence electrons. The minimum atomic E-state index is 0.180. The maximum atomic E-state index is 13.7. The Morgan fingerprint density at radius 3 is 2.57 bits per heavy atom. The molecule has 6 rings (SSSR count). The Morgan fingerprint density at radius 1 is 1.07 bits per heavy atom. The van der Waals surface area contributed by atoms with Crippen molar-refractivity contribution in [2.45, 2.75) is 30.8 Å². The number of hydrogen-bond acceptors (Lipinski definition) is 4. The van der Waals surface area contributed by atoms with E-state index in [2.05, 4.69) is 20.9 Å². The minimum Gasteiger partial charge on any atom is -0.377 e. The van der Waals surface area contributed by atoms with Gasteiger partial charge in [0.2, 0.25) is 0 Å². The van der Waals surface area contributed by atoms with Gasteiger partial charge in [0.05, 0.1) is 11.6 Å². The number of anilines is 1. The highest BCUT2D eigenvalue weighted by molar-refractivity contribution is 6.00. The van der Waals surface area contributed by atoms with Crippen molar-refractivity contribution in [1.29, 1.82) is 0 Å². The van der Waals surface area contributed by atoms with E-state index in [9.17, 15) is 4.79 Å². The Hall–Kier alpha value is -2.40. The Morgan fingerprint density at radius 2 is 1.86 bits per heavy atom. The molecule has 0 saturated carbocycles. The van der Waals surface area contributed by atoms with Crippen LogP contribution >= 0.6 is 0 Å². The van der Waals surface area contributed by atoms with E-state index in [0.717, 1.165) is 17.8 Å². The first kappa shape index (κ1) is 17.7. The standard InChI is InChI=1S/C23H28N4O/c1-25(2)20-8-4-3-7-18(20)23(28)27-15-19(17-6-5-11-24-14-17)22-21(27)16-9-12-26(22)13-10-16/h3-8,11,14,16,19,21-22H,9-10,12-13,15H2,1-2H3. The molecular weight excluding hydrogens is 348 g/mol. The van der Waals surface area contributed by atoms with Gasteiger partial charge in [-0.3, -0.25) is 14.7 Å². The van der Waals surface area contributed by atoms with Gasteiger partial charge >= 0.3 is 0 Å². The van der Waals surface area contributed by atoms with E-state index >= 15 is 0 Å². The lowest BCUT2D eigenvalue weighted by molar-refractivity contribution is -0.00340. The van der Waals surface area contributed by atoms with Gasteiger partial charge in [-0.1, -0.05) is 18.2 Å². The highest BCUT2D eigenvalue weighted by atomic mass is 16.2. The minimum absolute atomic E-state index is 0.180. The molecule has 0 aliphatic carbocycles. The predicted octanol–water partition coefficient (Wildman–Crippen LogP) is 2.85. The van der Waals surface area contributed by atoms with Crippen LogP contribution in [0.15, 0.2) is 48.8 Å². The Kier molecular flexibility index (Phi) is 4.35. The van der Waals surface area contributed by atoms with E-state index in [1.165, 1.54) is 31.5 Å². The smallest absolute Gasteiger partial charge is 0.256 e. The molecule has 5 nitrogen and oxygen atoms in total. The van der Waals surface area contributed by atoms with Gasteiger partial charge in [-0.25, -0.2) is 0 Å². The third kappa shape index (κ3) is 2.72. The number of piperidine rings is 3. The van der Waals surface area contributed by atoms with Crippen LogP contribution in [0.25, 0.3) is 0 Å². The summed E-state index contributed by atoms with van der Waals surface area (Å²) in [4.78, 5) is 25.0. The summed E-state index contributed by atoms with van der Waals surface area (Å²) < 4.78 is 0. The largest absolute Gasteiger partial charge is 0.377 e. The van der Waals surface area contributed by atoms with E-state index in [4.69, 9.17) is 0 Å². The van der Waals surface area contributed by atoms with Crippen molar-refractivity contribution < 1.29 is 4.79 Å². The first-order chi connectivity index (χ1) is 13.6. The molecule has 1 aromatic heterocycles. The molecule has 1 aromatic carbocycles. The number of carbonyl (C=O) groups is 1. The second-order valence-corrected chi connectivity index (χ2v) is 8.62. The quantitative estimate of drug-likeness (QED) is 0.826. The van der Waals surface area contributed by atoms with Gasteiger partial charge in [0, 0.05) is 50.7 Å². The van der Waals surface area contributed by atoms with Crippen LogP contribution in [0.4, 0.5) is 5.69 Å². The zero-order valence-corrected chi connectivity index (χ0v) is 16.7. The number of hydrogen-bond donors (Lipinski definition) is 0. The molecule has 0 spiro atoms. The summed E-state index contributed by atoms with van der Waals surface area (Å²) >= 11 is 0. The lowest BCUT2D eigenvalue weighted by Gasteiger charge is -2.51. The highest BCUT2D eigenvalue weighted by Gasteiger charge is 2.54. The molecule has 28 heavy (non-hydrogen) atoms. The summed E-state index contributed by atoms with van der Waals surface area (Å²) in [6, 6.07) is 12.9. The summed E-state index contributed by atoms with van der Waals surface area (Å²) in [6.45, 7) is 3.12. The molecule has 4 saturated heterocycles. The average Bonchev–Trinajstić information content (AvgIpc) is 3.17. The lowest BCUT2D eigenvalue weighted by atomic mass is 9.75. The van der Waals surface area contributed by atoms with Gasteiger partial charge in [0.1, 0.15) is 0 Å².